The highest BCUT2D eigenvalue weighted by Gasteiger charge is 2.38. The number of benzene rings is 2. The van der Waals surface area contributed by atoms with Gasteiger partial charge < -0.3 is 9.72 Å². The first-order valence-corrected chi connectivity index (χ1v) is 8.04. The van der Waals surface area contributed by atoms with Gasteiger partial charge in [-0.15, -0.1) is 0 Å². The summed E-state index contributed by atoms with van der Waals surface area (Å²) >= 11 is 0. The van der Waals surface area contributed by atoms with Crippen molar-refractivity contribution in [1.29, 1.82) is 0 Å². The van der Waals surface area contributed by atoms with Gasteiger partial charge in [-0.1, -0.05) is 30.3 Å². The predicted octanol–water partition coefficient (Wildman–Crippen LogP) is 4.75. The molecule has 0 spiro atoms. The molecule has 0 radical (unpaired) electrons. The maximum atomic E-state index is 13.3. The van der Waals surface area contributed by atoms with Crippen molar-refractivity contribution < 1.29 is 17.9 Å². The van der Waals surface area contributed by atoms with Crippen molar-refractivity contribution in [2.75, 3.05) is 6.61 Å². The van der Waals surface area contributed by atoms with Crippen LogP contribution in [0.15, 0.2) is 54.7 Å². The zero-order valence-corrected chi connectivity index (χ0v) is 13.5. The molecule has 2 aromatic heterocycles. The molecule has 0 unspecified atom stereocenters. The lowest BCUT2D eigenvalue weighted by Gasteiger charge is -2.13. The molecule has 4 nitrogen and oxygen atoms in total. The monoisotopic (exact) mass is 357 g/mol. The number of aromatic amines is 1. The molecule has 7 heteroatoms. The molecule has 1 N–H and O–H groups in total. The SMILES string of the molecule is FC(F)(F)c1nc2ccccc2nc1OCCc1c[nH]c2ccccc12. The van der Waals surface area contributed by atoms with Gasteiger partial charge in [0.2, 0.25) is 11.6 Å². The second-order valence-electron chi connectivity index (χ2n) is 5.82. The number of hydrogen-bond acceptors (Lipinski definition) is 3. The average molecular weight is 357 g/mol. The van der Waals surface area contributed by atoms with Crippen LogP contribution in [0.25, 0.3) is 21.9 Å². The van der Waals surface area contributed by atoms with Crippen LogP contribution in [0.1, 0.15) is 11.3 Å². The van der Waals surface area contributed by atoms with Crippen molar-refractivity contribution in [2.45, 2.75) is 12.6 Å². The summed E-state index contributed by atoms with van der Waals surface area (Å²) in [6.45, 7) is 0.0674. The molecule has 4 aromatic rings. The number of para-hydroxylation sites is 3. The molecule has 132 valence electrons. The lowest BCUT2D eigenvalue weighted by molar-refractivity contribution is -0.142. The van der Waals surface area contributed by atoms with Gasteiger partial charge in [-0.25, -0.2) is 9.97 Å². The van der Waals surface area contributed by atoms with Crippen LogP contribution in [0.5, 0.6) is 5.88 Å². The summed E-state index contributed by atoms with van der Waals surface area (Å²) in [7, 11) is 0. The van der Waals surface area contributed by atoms with Crippen LogP contribution in [0.3, 0.4) is 0 Å². The molecule has 2 heterocycles. The van der Waals surface area contributed by atoms with Crippen LogP contribution in [0, 0.1) is 0 Å². The van der Waals surface area contributed by atoms with Crippen molar-refractivity contribution in [2.24, 2.45) is 0 Å². The molecule has 0 amide bonds. The van der Waals surface area contributed by atoms with E-state index >= 15 is 0 Å². The van der Waals surface area contributed by atoms with Crippen molar-refractivity contribution in [1.82, 2.24) is 15.0 Å². The van der Waals surface area contributed by atoms with Gasteiger partial charge in [-0.05, 0) is 23.8 Å². The summed E-state index contributed by atoms with van der Waals surface area (Å²) in [4.78, 5) is 10.8. The van der Waals surface area contributed by atoms with Crippen molar-refractivity contribution in [3.63, 3.8) is 0 Å². The third kappa shape index (κ3) is 3.08. The Balaban J connectivity index is 1.60. The molecule has 0 fully saturated rings. The van der Waals surface area contributed by atoms with E-state index in [4.69, 9.17) is 4.74 Å². The highest BCUT2D eigenvalue weighted by molar-refractivity contribution is 5.83. The molecule has 0 saturated heterocycles. The van der Waals surface area contributed by atoms with Gasteiger partial charge in [0.25, 0.3) is 0 Å². The van der Waals surface area contributed by atoms with E-state index in [-0.39, 0.29) is 12.1 Å². The molecular formula is C19H14F3N3O. The maximum Gasteiger partial charge on any atom is 0.438 e. The molecule has 0 saturated carbocycles. The van der Waals surface area contributed by atoms with E-state index in [9.17, 15) is 13.2 Å². The van der Waals surface area contributed by atoms with E-state index in [0.29, 0.717) is 11.9 Å². The summed E-state index contributed by atoms with van der Waals surface area (Å²) in [6, 6.07) is 14.1. The van der Waals surface area contributed by atoms with Gasteiger partial charge in [0, 0.05) is 23.5 Å². The zero-order valence-electron chi connectivity index (χ0n) is 13.5. The fraction of sp³-hybridized carbons (Fsp3) is 0.158. The van der Waals surface area contributed by atoms with Gasteiger partial charge in [0.15, 0.2) is 0 Å². The van der Waals surface area contributed by atoms with Gasteiger partial charge in [0.1, 0.15) is 0 Å². The van der Waals surface area contributed by atoms with Crippen molar-refractivity contribution in [3.8, 4) is 5.88 Å². The van der Waals surface area contributed by atoms with Crippen molar-refractivity contribution in [3.05, 3.63) is 66.0 Å². The Morgan fingerprint density at radius 3 is 2.38 bits per heavy atom. The third-order valence-corrected chi connectivity index (χ3v) is 4.09. The largest absolute Gasteiger partial charge is 0.476 e. The molecular weight excluding hydrogens is 343 g/mol. The number of nitrogens with one attached hydrogen (secondary N) is 1. The number of ether oxygens (including phenoxy) is 1. The Morgan fingerprint density at radius 1 is 0.923 bits per heavy atom. The minimum atomic E-state index is -4.63. The topological polar surface area (TPSA) is 50.8 Å². The molecule has 26 heavy (non-hydrogen) atoms. The predicted molar refractivity (Wildman–Crippen MR) is 92.0 cm³/mol. The zero-order chi connectivity index (χ0) is 18.1. The van der Waals surface area contributed by atoms with E-state index in [2.05, 4.69) is 15.0 Å². The minimum absolute atomic E-state index is 0.0674. The molecule has 2 aromatic carbocycles. The maximum absolute atomic E-state index is 13.3. The van der Waals surface area contributed by atoms with E-state index in [1.807, 2.05) is 30.5 Å². The molecule has 0 atom stereocenters. The fourth-order valence-corrected chi connectivity index (χ4v) is 2.87. The normalized spacial score (nSPS) is 12.0. The third-order valence-electron chi connectivity index (χ3n) is 4.09. The molecule has 0 aliphatic rings. The summed E-state index contributed by atoms with van der Waals surface area (Å²) in [5.41, 5.74) is 1.40. The first-order valence-electron chi connectivity index (χ1n) is 8.04. The number of alkyl halides is 3. The van der Waals surface area contributed by atoms with Gasteiger partial charge in [0.05, 0.1) is 17.6 Å². The summed E-state index contributed by atoms with van der Waals surface area (Å²) in [5, 5.41) is 1.02. The van der Waals surface area contributed by atoms with E-state index in [1.165, 1.54) is 6.07 Å². The molecule has 0 aliphatic carbocycles. The Labute approximate surface area is 146 Å². The van der Waals surface area contributed by atoms with Crippen molar-refractivity contribution >= 4 is 21.9 Å². The lowest BCUT2D eigenvalue weighted by atomic mass is 10.1. The molecule has 0 aliphatic heterocycles. The van der Waals surface area contributed by atoms with Gasteiger partial charge in [-0.2, -0.15) is 13.2 Å². The Bertz CT molecular complexity index is 1070. The summed E-state index contributed by atoms with van der Waals surface area (Å²) in [6.07, 6.45) is -2.34. The number of nitrogens with zero attached hydrogens (tertiary/aromatic N) is 2. The minimum Gasteiger partial charge on any atom is -0.476 e. The van der Waals surface area contributed by atoms with Crippen LogP contribution >= 0.6 is 0 Å². The van der Waals surface area contributed by atoms with E-state index in [1.54, 1.807) is 18.2 Å². The average Bonchev–Trinajstić information content (AvgIpc) is 3.04. The smallest absolute Gasteiger partial charge is 0.438 e. The van der Waals surface area contributed by atoms with Crippen LogP contribution in [-0.2, 0) is 12.6 Å². The number of rotatable bonds is 4. The van der Waals surface area contributed by atoms with Crippen LogP contribution in [0.4, 0.5) is 13.2 Å². The van der Waals surface area contributed by atoms with Gasteiger partial charge >= 0.3 is 6.18 Å². The highest BCUT2D eigenvalue weighted by Crippen LogP contribution is 2.34. The first kappa shape index (κ1) is 16.4. The fourth-order valence-electron chi connectivity index (χ4n) is 2.87. The summed E-state index contributed by atoms with van der Waals surface area (Å²) in [5.74, 6) is -0.490. The van der Waals surface area contributed by atoms with E-state index < -0.39 is 17.8 Å². The Kier molecular flexibility index (Phi) is 3.99. The second kappa shape index (κ2) is 6.33. The molecule has 0 bridgehead atoms. The number of hydrogen-bond donors (Lipinski definition) is 1. The van der Waals surface area contributed by atoms with Crippen LogP contribution in [0.2, 0.25) is 0 Å². The quantitative estimate of drug-likeness (QED) is 0.573. The number of aromatic nitrogens is 3. The number of fused-ring (bicyclic) bond motifs is 2. The molecule has 4 rings (SSSR count). The van der Waals surface area contributed by atoms with Crippen LogP contribution in [-0.4, -0.2) is 21.6 Å². The second-order valence-corrected chi connectivity index (χ2v) is 5.82. The first-order chi connectivity index (χ1) is 12.5. The van der Waals surface area contributed by atoms with E-state index in [0.717, 1.165) is 16.5 Å². The van der Waals surface area contributed by atoms with Crippen LogP contribution < -0.4 is 4.74 Å². The Morgan fingerprint density at radius 2 is 1.62 bits per heavy atom. The lowest BCUT2D eigenvalue weighted by Crippen LogP contribution is -2.14. The number of halogens is 3. The highest BCUT2D eigenvalue weighted by atomic mass is 19.4. The Hall–Kier alpha value is -3.09. The number of H-pyrrole nitrogens is 1. The van der Waals surface area contributed by atoms with Gasteiger partial charge in [-0.3, -0.25) is 0 Å². The standard InChI is InChI=1S/C19H14F3N3O/c20-19(21,22)17-18(25-16-8-4-3-7-15(16)24-17)26-10-9-12-11-23-14-6-2-1-5-13(12)14/h1-8,11,23H,9-10H2. The summed E-state index contributed by atoms with van der Waals surface area (Å²) < 4.78 is 45.3.